The summed E-state index contributed by atoms with van der Waals surface area (Å²) in [7, 11) is 0. The summed E-state index contributed by atoms with van der Waals surface area (Å²) in [4.78, 5) is 67.2. The van der Waals surface area contributed by atoms with Crippen LogP contribution in [0.4, 0.5) is 0 Å². The summed E-state index contributed by atoms with van der Waals surface area (Å²) in [6.07, 6.45) is 2.72. The van der Waals surface area contributed by atoms with Crippen molar-refractivity contribution >= 4 is 41.4 Å². The number of hydrogen-bond donors (Lipinski definition) is 8. The number of hydrogen-bond acceptors (Lipinski definition) is 9. The molecule has 0 aliphatic rings. The highest BCUT2D eigenvalue weighted by atomic mass is 32.2. The van der Waals surface area contributed by atoms with Gasteiger partial charge in [0.1, 0.15) is 18.1 Å². The average Bonchev–Trinajstić information content (AvgIpc) is 3.26. The van der Waals surface area contributed by atoms with Crippen molar-refractivity contribution in [1.29, 1.82) is 0 Å². The summed E-state index contributed by atoms with van der Waals surface area (Å²) >= 11 is 1.47. The lowest BCUT2D eigenvalue weighted by atomic mass is 10.1. The van der Waals surface area contributed by atoms with Gasteiger partial charge in [-0.3, -0.25) is 19.2 Å². The number of H-pyrrole nitrogens is 1. The molecule has 5 atom stereocenters. The molecule has 0 bridgehead atoms. The fourth-order valence-electron chi connectivity index (χ4n) is 2.80. The third kappa shape index (κ3) is 9.76. The number of carbonyl (C=O) groups is 5. The van der Waals surface area contributed by atoms with Crippen molar-refractivity contribution < 1.29 is 34.2 Å². The molecule has 0 aromatic carbocycles. The van der Waals surface area contributed by atoms with E-state index in [4.69, 9.17) is 11.5 Å². The molecule has 1 rings (SSSR count). The summed E-state index contributed by atoms with van der Waals surface area (Å²) in [5.41, 5.74) is 11.4. The number of amides is 4. The Kier molecular flexibility index (Phi) is 12.0. The van der Waals surface area contributed by atoms with E-state index < -0.39 is 66.3 Å². The summed E-state index contributed by atoms with van der Waals surface area (Å²) in [5, 5.41) is 26.2. The number of nitrogens with two attached hydrogens (primary N) is 2. The summed E-state index contributed by atoms with van der Waals surface area (Å²) in [6, 6.07) is -5.37. The number of carboxylic acids is 1. The van der Waals surface area contributed by atoms with E-state index >= 15 is 0 Å². The molecular weight excluding hydrogens is 470 g/mol. The standard InChI is InChI=1S/C19H31N7O7S/c1-9(27)15(18(31)25-13(19(32)33)5-10-7-22-8-23-10)26-17(30)12(6-14(21)28)24-16(29)11(20)3-4-34-2/h7-9,11-13,15,27H,3-6,20H2,1-2H3,(H2,21,28)(H,22,23)(H,24,29)(H,25,31)(H,26,30)(H,32,33). The third-order valence-electron chi connectivity index (χ3n) is 4.66. The molecule has 0 spiro atoms. The van der Waals surface area contributed by atoms with Crippen LogP contribution in [0.1, 0.15) is 25.5 Å². The van der Waals surface area contributed by atoms with Crippen molar-refractivity contribution in [2.75, 3.05) is 12.0 Å². The van der Waals surface area contributed by atoms with Crippen molar-refractivity contribution in [1.82, 2.24) is 25.9 Å². The zero-order valence-corrected chi connectivity index (χ0v) is 19.6. The monoisotopic (exact) mass is 501 g/mol. The van der Waals surface area contributed by atoms with Gasteiger partial charge in [-0.25, -0.2) is 9.78 Å². The largest absolute Gasteiger partial charge is 0.480 e. The number of aromatic amines is 1. The fraction of sp³-hybridized carbons (Fsp3) is 0.579. The Morgan fingerprint density at radius 3 is 2.26 bits per heavy atom. The number of carbonyl (C=O) groups excluding carboxylic acids is 4. The van der Waals surface area contributed by atoms with Crippen molar-refractivity contribution in [3.05, 3.63) is 18.2 Å². The Balaban J connectivity index is 2.92. The van der Waals surface area contributed by atoms with Crippen LogP contribution < -0.4 is 27.4 Å². The first-order valence-corrected chi connectivity index (χ1v) is 11.7. The Morgan fingerprint density at radius 2 is 1.76 bits per heavy atom. The number of rotatable bonds is 15. The van der Waals surface area contributed by atoms with Crippen LogP contribution in [-0.4, -0.2) is 92.1 Å². The van der Waals surface area contributed by atoms with E-state index in [0.717, 1.165) is 0 Å². The Bertz CT molecular complexity index is 850. The quantitative estimate of drug-likeness (QED) is 0.120. The molecule has 1 heterocycles. The first kappa shape index (κ1) is 28.9. The molecule has 4 amide bonds. The Morgan fingerprint density at radius 1 is 1.12 bits per heavy atom. The number of aliphatic carboxylic acids is 1. The number of primary amides is 1. The maximum absolute atomic E-state index is 12.7. The molecule has 34 heavy (non-hydrogen) atoms. The average molecular weight is 502 g/mol. The minimum Gasteiger partial charge on any atom is -0.480 e. The van der Waals surface area contributed by atoms with Gasteiger partial charge in [-0.05, 0) is 25.4 Å². The lowest BCUT2D eigenvalue weighted by Gasteiger charge is -2.26. The molecule has 5 unspecified atom stereocenters. The molecule has 0 saturated heterocycles. The van der Waals surface area contributed by atoms with E-state index in [9.17, 15) is 34.2 Å². The topological polar surface area (TPSA) is 243 Å². The van der Waals surface area contributed by atoms with Gasteiger partial charge in [0.2, 0.25) is 23.6 Å². The van der Waals surface area contributed by atoms with Gasteiger partial charge in [-0.15, -0.1) is 0 Å². The minimum atomic E-state index is -1.59. The maximum atomic E-state index is 12.7. The van der Waals surface area contributed by atoms with Gasteiger partial charge in [-0.2, -0.15) is 11.8 Å². The molecule has 1 aromatic heterocycles. The molecule has 0 fully saturated rings. The molecule has 10 N–H and O–H groups in total. The first-order chi connectivity index (χ1) is 16.0. The number of aliphatic hydroxyl groups is 1. The van der Waals surface area contributed by atoms with Crippen molar-refractivity contribution in [3.63, 3.8) is 0 Å². The molecular formula is C19H31N7O7S. The zero-order chi connectivity index (χ0) is 25.8. The minimum absolute atomic E-state index is 0.129. The number of carboxylic acid groups (broad SMARTS) is 1. The number of imidazole rings is 1. The van der Waals surface area contributed by atoms with Crippen LogP contribution in [0.2, 0.25) is 0 Å². The summed E-state index contributed by atoms with van der Waals surface area (Å²) in [6.45, 7) is 1.20. The lowest BCUT2D eigenvalue weighted by Crippen LogP contribution is -2.60. The smallest absolute Gasteiger partial charge is 0.326 e. The molecule has 15 heteroatoms. The fourth-order valence-corrected chi connectivity index (χ4v) is 3.29. The predicted molar refractivity (Wildman–Crippen MR) is 122 cm³/mol. The van der Waals surface area contributed by atoms with E-state index in [2.05, 4.69) is 25.9 Å². The van der Waals surface area contributed by atoms with Crippen LogP contribution in [0.5, 0.6) is 0 Å². The number of nitrogens with one attached hydrogen (secondary N) is 4. The second-order valence-corrected chi connectivity index (χ2v) is 8.51. The summed E-state index contributed by atoms with van der Waals surface area (Å²) in [5.74, 6) is -4.33. The van der Waals surface area contributed by atoms with Crippen molar-refractivity contribution in [2.45, 2.75) is 56.5 Å². The van der Waals surface area contributed by atoms with Crippen LogP contribution in [0.15, 0.2) is 12.5 Å². The number of nitrogens with zero attached hydrogens (tertiary/aromatic N) is 1. The van der Waals surface area contributed by atoms with Gasteiger partial charge in [0.15, 0.2) is 0 Å². The Labute approximate surface area is 200 Å². The van der Waals surface area contributed by atoms with Gasteiger partial charge in [-0.1, -0.05) is 0 Å². The molecule has 0 radical (unpaired) electrons. The molecule has 0 saturated carbocycles. The van der Waals surface area contributed by atoms with Crippen LogP contribution >= 0.6 is 11.8 Å². The van der Waals surface area contributed by atoms with E-state index in [1.807, 2.05) is 6.26 Å². The van der Waals surface area contributed by atoms with Crippen molar-refractivity contribution in [2.24, 2.45) is 11.5 Å². The van der Waals surface area contributed by atoms with Gasteiger partial charge in [0.25, 0.3) is 0 Å². The first-order valence-electron chi connectivity index (χ1n) is 10.3. The van der Waals surface area contributed by atoms with Gasteiger partial charge in [0, 0.05) is 18.3 Å². The van der Waals surface area contributed by atoms with Crippen LogP contribution in [0, 0.1) is 0 Å². The highest BCUT2D eigenvalue weighted by Crippen LogP contribution is 2.04. The molecule has 190 valence electrons. The highest BCUT2D eigenvalue weighted by Gasteiger charge is 2.33. The molecule has 0 aliphatic carbocycles. The van der Waals surface area contributed by atoms with Crippen LogP contribution in [0.3, 0.4) is 0 Å². The van der Waals surface area contributed by atoms with E-state index in [1.54, 1.807) is 0 Å². The summed E-state index contributed by atoms with van der Waals surface area (Å²) < 4.78 is 0. The number of aliphatic hydroxyl groups excluding tert-OH is 1. The van der Waals surface area contributed by atoms with E-state index in [0.29, 0.717) is 17.9 Å². The second-order valence-electron chi connectivity index (χ2n) is 7.53. The SMILES string of the molecule is CSCCC(N)C(=O)NC(CC(N)=O)C(=O)NC(C(=O)NC(Cc1cnc[nH]1)C(=O)O)C(C)O. The molecule has 1 aromatic rings. The maximum Gasteiger partial charge on any atom is 0.326 e. The molecule has 0 aliphatic heterocycles. The predicted octanol–water partition coefficient (Wildman–Crippen LogP) is -3.17. The number of thioether (sulfide) groups is 1. The third-order valence-corrected chi connectivity index (χ3v) is 5.31. The Hall–Kier alpha value is -3.17. The number of aromatic nitrogens is 2. The normalized spacial score (nSPS) is 15.3. The van der Waals surface area contributed by atoms with Gasteiger partial charge in [0.05, 0.1) is 24.9 Å². The highest BCUT2D eigenvalue weighted by molar-refractivity contribution is 7.98. The van der Waals surface area contributed by atoms with Gasteiger partial charge >= 0.3 is 5.97 Å². The molecule has 14 nitrogen and oxygen atoms in total. The van der Waals surface area contributed by atoms with Crippen molar-refractivity contribution in [3.8, 4) is 0 Å². The van der Waals surface area contributed by atoms with E-state index in [-0.39, 0.29) is 6.42 Å². The lowest BCUT2D eigenvalue weighted by molar-refractivity contribution is -0.143. The second kappa shape index (κ2) is 14.2. The van der Waals surface area contributed by atoms with Crippen LogP contribution in [0.25, 0.3) is 0 Å². The van der Waals surface area contributed by atoms with E-state index in [1.165, 1.54) is 31.2 Å². The van der Waals surface area contributed by atoms with Crippen LogP contribution in [-0.2, 0) is 30.4 Å². The van der Waals surface area contributed by atoms with Gasteiger partial charge < -0.3 is 42.6 Å². The zero-order valence-electron chi connectivity index (χ0n) is 18.8.